The van der Waals surface area contributed by atoms with E-state index in [-0.39, 0.29) is 0 Å². The summed E-state index contributed by atoms with van der Waals surface area (Å²) in [5.41, 5.74) is -0.885. The first-order valence-electron chi connectivity index (χ1n) is 4.39. The lowest BCUT2D eigenvalue weighted by Crippen LogP contribution is -2.22. The molecule has 0 N–H and O–H groups in total. The van der Waals surface area contributed by atoms with Gasteiger partial charge < -0.3 is 13.8 Å². The maximum Gasteiger partial charge on any atom is 0.344 e. The third kappa shape index (κ3) is 3.40. The average molecular weight is 224 g/mol. The number of esters is 1. The Labute approximate surface area is 84.3 Å². The molecule has 14 heavy (non-hydrogen) atoms. The van der Waals surface area contributed by atoms with Crippen LogP contribution in [0, 0.1) is 0 Å². The molecule has 0 radical (unpaired) electrons. The lowest BCUT2D eigenvalue weighted by molar-refractivity contribution is -0.143. The Morgan fingerprint density at radius 1 is 1.36 bits per heavy atom. The van der Waals surface area contributed by atoms with Crippen molar-refractivity contribution in [2.24, 2.45) is 0 Å². The predicted molar refractivity (Wildman–Crippen MR) is 52.3 cm³/mol. The van der Waals surface area contributed by atoms with Crippen molar-refractivity contribution in [3.05, 3.63) is 0 Å². The van der Waals surface area contributed by atoms with Gasteiger partial charge in [0.15, 0.2) is 5.66 Å². The highest BCUT2D eigenvalue weighted by atomic mass is 31.2. The molecule has 0 spiro atoms. The van der Waals surface area contributed by atoms with Gasteiger partial charge >= 0.3 is 13.6 Å². The Morgan fingerprint density at radius 2 is 1.86 bits per heavy atom. The molecule has 0 heterocycles. The zero-order valence-electron chi connectivity index (χ0n) is 8.98. The summed E-state index contributed by atoms with van der Waals surface area (Å²) in [6.07, 6.45) is 0.725. The van der Waals surface area contributed by atoms with Crippen molar-refractivity contribution in [1.29, 1.82) is 0 Å². The molecule has 6 heteroatoms. The quantitative estimate of drug-likeness (QED) is 0.508. The minimum Gasteiger partial charge on any atom is -0.465 e. The van der Waals surface area contributed by atoms with E-state index in [0.717, 1.165) is 6.42 Å². The molecule has 5 nitrogen and oxygen atoms in total. The van der Waals surface area contributed by atoms with Crippen LogP contribution in [0.25, 0.3) is 0 Å². The van der Waals surface area contributed by atoms with Crippen LogP contribution < -0.4 is 0 Å². The van der Waals surface area contributed by atoms with E-state index in [1.807, 2.05) is 6.92 Å². The van der Waals surface area contributed by atoms with Crippen LogP contribution in [0.1, 0.15) is 20.3 Å². The minimum atomic E-state index is -3.34. The van der Waals surface area contributed by atoms with Gasteiger partial charge in [0.05, 0.1) is 6.61 Å². The fraction of sp³-hybridized carbons (Fsp3) is 0.875. The van der Waals surface area contributed by atoms with Gasteiger partial charge in [0, 0.05) is 14.2 Å². The molecule has 0 aromatic carbocycles. The van der Waals surface area contributed by atoms with E-state index in [1.54, 1.807) is 0 Å². The highest BCUT2D eigenvalue weighted by Crippen LogP contribution is 2.51. The van der Waals surface area contributed by atoms with Gasteiger partial charge in [0.25, 0.3) is 0 Å². The van der Waals surface area contributed by atoms with E-state index in [4.69, 9.17) is 4.74 Å². The average Bonchev–Trinajstić information content (AvgIpc) is 2.23. The molecule has 0 bridgehead atoms. The van der Waals surface area contributed by atoms with E-state index < -0.39 is 19.2 Å². The fourth-order valence-corrected chi connectivity index (χ4v) is 1.96. The highest BCUT2D eigenvalue weighted by Gasteiger charge is 2.36. The van der Waals surface area contributed by atoms with Crippen molar-refractivity contribution < 1.29 is 23.1 Å². The van der Waals surface area contributed by atoms with Crippen molar-refractivity contribution >= 4 is 13.6 Å². The Kier molecular flexibility index (Phi) is 6.00. The third-order valence-corrected chi connectivity index (χ3v) is 3.95. The number of ether oxygens (including phenoxy) is 1. The largest absolute Gasteiger partial charge is 0.465 e. The molecule has 0 saturated heterocycles. The van der Waals surface area contributed by atoms with Crippen molar-refractivity contribution in [3.63, 3.8) is 0 Å². The zero-order chi connectivity index (χ0) is 11.2. The number of carbonyl (C=O) groups excluding carboxylic acids is 1. The fourth-order valence-electron chi connectivity index (χ4n) is 0.843. The molecule has 0 aromatic heterocycles. The first-order valence-corrected chi connectivity index (χ1v) is 6.00. The summed E-state index contributed by atoms with van der Waals surface area (Å²) in [5, 5.41) is 0. The van der Waals surface area contributed by atoms with Crippen LogP contribution in [0.2, 0.25) is 0 Å². The zero-order valence-corrected chi connectivity index (χ0v) is 9.87. The Balaban J connectivity index is 4.36. The molecular formula is C8H17O5P. The molecule has 1 atom stereocenters. The molecule has 0 aliphatic heterocycles. The van der Waals surface area contributed by atoms with Gasteiger partial charge in [-0.3, -0.25) is 9.36 Å². The SMILES string of the molecule is CCCOC(=O)C(C)P(=O)(OC)OC. The Morgan fingerprint density at radius 3 is 2.21 bits per heavy atom. The second-order valence-corrected chi connectivity index (χ2v) is 5.33. The molecule has 0 saturated carbocycles. The maximum absolute atomic E-state index is 11.7. The molecule has 0 aliphatic rings. The second-order valence-electron chi connectivity index (χ2n) is 2.75. The van der Waals surface area contributed by atoms with Gasteiger partial charge in [-0.2, -0.15) is 0 Å². The van der Waals surface area contributed by atoms with Crippen molar-refractivity contribution in [3.8, 4) is 0 Å². The third-order valence-electron chi connectivity index (χ3n) is 1.77. The Bertz CT molecular complexity index is 220. The summed E-state index contributed by atoms with van der Waals surface area (Å²) >= 11 is 0. The van der Waals surface area contributed by atoms with E-state index in [1.165, 1.54) is 21.1 Å². The van der Waals surface area contributed by atoms with Crippen LogP contribution in [-0.4, -0.2) is 32.5 Å². The van der Waals surface area contributed by atoms with E-state index in [0.29, 0.717) is 6.61 Å². The van der Waals surface area contributed by atoms with E-state index >= 15 is 0 Å². The minimum absolute atomic E-state index is 0.316. The highest BCUT2D eigenvalue weighted by molar-refractivity contribution is 7.55. The standard InChI is InChI=1S/C8H17O5P/c1-5-6-13-8(9)7(2)14(10,11-3)12-4/h7H,5-6H2,1-4H3. The molecule has 84 valence electrons. The summed E-state index contributed by atoms with van der Waals surface area (Å²) in [6.45, 7) is 3.66. The second kappa shape index (κ2) is 6.17. The van der Waals surface area contributed by atoms with Gasteiger partial charge in [0.1, 0.15) is 0 Å². The normalized spacial score (nSPS) is 13.7. The van der Waals surface area contributed by atoms with Crippen molar-refractivity contribution in [2.45, 2.75) is 25.9 Å². The summed E-state index contributed by atoms with van der Waals surface area (Å²) in [4.78, 5) is 11.3. The molecule has 0 amide bonds. The Hall–Kier alpha value is -0.380. The first kappa shape index (κ1) is 13.6. The van der Waals surface area contributed by atoms with Crippen molar-refractivity contribution in [1.82, 2.24) is 0 Å². The maximum atomic E-state index is 11.7. The van der Waals surface area contributed by atoms with Crippen LogP contribution in [0.15, 0.2) is 0 Å². The molecular weight excluding hydrogens is 207 g/mol. The molecule has 0 aliphatic carbocycles. The molecule has 0 fully saturated rings. The van der Waals surface area contributed by atoms with Gasteiger partial charge in [-0.05, 0) is 13.3 Å². The molecule has 0 aromatic rings. The van der Waals surface area contributed by atoms with E-state index in [9.17, 15) is 9.36 Å². The number of hydrogen-bond acceptors (Lipinski definition) is 5. The van der Waals surface area contributed by atoms with E-state index in [2.05, 4.69) is 9.05 Å². The number of rotatable bonds is 6. The monoisotopic (exact) mass is 224 g/mol. The first-order chi connectivity index (χ1) is 6.51. The smallest absolute Gasteiger partial charge is 0.344 e. The van der Waals surface area contributed by atoms with Crippen LogP contribution >= 0.6 is 7.60 Å². The van der Waals surface area contributed by atoms with Gasteiger partial charge in [-0.1, -0.05) is 6.92 Å². The van der Waals surface area contributed by atoms with Crippen LogP contribution in [-0.2, 0) is 23.1 Å². The van der Waals surface area contributed by atoms with Crippen LogP contribution in [0.3, 0.4) is 0 Å². The number of hydrogen-bond donors (Lipinski definition) is 0. The summed E-state index contributed by atoms with van der Waals surface area (Å²) < 4.78 is 25.9. The summed E-state index contributed by atoms with van der Waals surface area (Å²) in [6, 6.07) is 0. The topological polar surface area (TPSA) is 61.8 Å². The molecule has 0 rings (SSSR count). The lowest BCUT2D eigenvalue weighted by atomic mass is 10.5. The van der Waals surface area contributed by atoms with Crippen LogP contribution in [0.5, 0.6) is 0 Å². The van der Waals surface area contributed by atoms with Gasteiger partial charge in [-0.25, -0.2) is 0 Å². The van der Waals surface area contributed by atoms with Gasteiger partial charge in [0.2, 0.25) is 0 Å². The van der Waals surface area contributed by atoms with Crippen molar-refractivity contribution in [2.75, 3.05) is 20.8 Å². The predicted octanol–water partition coefficient (Wildman–Crippen LogP) is 1.81. The summed E-state index contributed by atoms with van der Waals surface area (Å²) in [5.74, 6) is -0.557. The van der Waals surface area contributed by atoms with Gasteiger partial charge in [-0.15, -0.1) is 0 Å². The number of carbonyl (C=O) groups is 1. The summed E-state index contributed by atoms with van der Waals surface area (Å²) in [7, 11) is -0.855. The van der Waals surface area contributed by atoms with Crippen LogP contribution in [0.4, 0.5) is 0 Å². The lowest BCUT2D eigenvalue weighted by Gasteiger charge is -2.19. The molecule has 1 unspecified atom stereocenters.